The van der Waals surface area contributed by atoms with Gasteiger partial charge in [0.15, 0.2) is 0 Å². The smallest absolute Gasteiger partial charge is 0.225 e. The van der Waals surface area contributed by atoms with E-state index in [-0.39, 0.29) is 11.2 Å². The molecule has 1 saturated heterocycles. The average Bonchev–Trinajstić information content (AvgIpc) is 2.40. The molecule has 104 valence electrons. The monoisotopic (exact) mass is 262 g/mol. The van der Waals surface area contributed by atoms with E-state index in [1.54, 1.807) is 19.3 Å². The third-order valence-corrected chi connectivity index (χ3v) is 3.78. The Kier molecular flexibility index (Phi) is 4.14. The van der Waals surface area contributed by atoms with Crippen LogP contribution >= 0.6 is 0 Å². The van der Waals surface area contributed by atoms with Crippen LogP contribution in [0.25, 0.3) is 0 Å². The lowest BCUT2D eigenvalue weighted by Crippen LogP contribution is -2.50. The van der Waals surface area contributed by atoms with Gasteiger partial charge >= 0.3 is 0 Å². The fourth-order valence-corrected chi connectivity index (χ4v) is 2.23. The number of hydrogen-bond acceptors (Lipinski definition) is 5. The zero-order valence-electron chi connectivity index (χ0n) is 12.0. The van der Waals surface area contributed by atoms with E-state index in [9.17, 15) is 4.79 Å². The van der Waals surface area contributed by atoms with Crippen LogP contribution in [0.4, 0.5) is 5.95 Å². The molecule has 0 spiro atoms. The van der Waals surface area contributed by atoms with Crippen molar-refractivity contribution in [3.63, 3.8) is 0 Å². The van der Waals surface area contributed by atoms with Gasteiger partial charge in [0.05, 0.1) is 0 Å². The SMILES string of the molecule is CC(=O)C(C)(C)CN1CCN(c2ncccn2)CC1. The van der Waals surface area contributed by atoms with Crippen LogP contribution in [-0.2, 0) is 4.79 Å². The van der Waals surface area contributed by atoms with E-state index in [1.165, 1.54) is 0 Å². The van der Waals surface area contributed by atoms with Crippen molar-refractivity contribution < 1.29 is 4.79 Å². The van der Waals surface area contributed by atoms with Gasteiger partial charge in [-0.25, -0.2) is 9.97 Å². The molecule has 0 radical (unpaired) electrons. The Labute approximate surface area is 114 Å². The van der Waals surface area contributed by atoms with Crippen molar-refractivity contribution in [3.05, 3.63) is 18.5 Å². The van der Waals surface area contributed by atoms with Crippen molar-refractivity contribution >= 4 is 11.7 Å². The molecule has 1 aromatic rings. The van der Waals surface area contributed by atoms with Crippen LogP contribution in [-0.4, -0.2) is 53.4 Å². The number of nitrogens with zero attached hydrogens (tertiary/aromatic N) is 4. The van der Waals surface area contributed by atoms with Crippen molar-refractivity contribution in [2.45, 2.75) is 20.8 Å². The number of aromatic nitrogens is 2. The molecule has 0 bridgehead atoms. The highest BCUT2D eigenvalue weighted by Crippen LogP contribution is 2.20. The minimum absolute atomic E-state index is 0.251. The zero-order chi connectivity index (χ0) is 13.9. The molecule has 1 aliphatic rings. The normalized spacial score (nSPS) is 17.5. The Hall–Kier alpha value is -1.49. The van der Waals surface area contributed by atoms with Gasteiger partial charge in [0, 0.05) is 50.5 Å². The highest BCUT2D eigenvalue weighted by molar-refractivity contribution is 5.81. The maximum absolute atomic E-state index is 11.6. The molecule has 1 aliphatic heterocycles. The van der Waals surface area contributed by atoms with E-state index in [0.29, 0.717) is 0 Å². The number of rotatable bonds is 4. The third kappa shape index (κ3) is 3.50. The predicted octanol–water partition coefficient (Wildman–Crippen LogP) is 1.21. The minimum Gasteiger partial charge on any atom is -0.338 e. The molecule has 0 N–H and O–H groups in total. The summed E-state index contributed by atoms with van der Waals surface area (Å²) in [6, 6.07) is 1.83. The molecule has 2 rings (SSSR count). The number of ketones is 1. The molecule has 19 heavy (non-hydrogen) atoms. The lowest BCUT2D eigenvalue weighted by Gasteiger charge is -2.38. The number of piperazine rings is 1. The van der Waals surface area contributed by atoms with Gasteiger partial charge in [0.2, 0.25) is 5.95 Å². The Morgan fingerprint density at radius 1 is 1.21 bits per heavy atom. The van der Waals surface area contributed by atoms with Gasteiger partial charge in [-0.05, 0) is 13.0 Å². The standard InChI is InChI=1S/C14H22N4O/c1-12(19)14(2,3)11-17-7-9-18(10-8-17)13-15-5-4-6-16-13/h4-6H,7-11H2,1-3H3. The molecule has 2 heterocycles. The number of hydrogen-bond donors (Lipinski definition) is 0. The summed E-state index contributed by atoms with van der Waals surface area (Å²) in [7, 11) is 0. The first-order valence-corrected chi connectivity index (χ1v) is 6.74. The predicted molar refractivity (Wildman–Crippen MR) is 75.1 cm³/mol. The van der Waals surface area contributed by atoms with E-state index in [1.807, 2.05) is 19.9 Å². The largest absolute Gasteiger partial charge is 0.338 e. The van der Waals surface area contributed by atoms with Crippen molar-refractivity contribution in [2.75, 3.05) is 37.6 Å². The summed E-state index contributed by atoms with van der Waals surface area (Å²) < 4.78 is 0. The van der Waals surface area contributed by atoms with Crippen LogP contribution in [0.15, 0.2) is 18.5 Å². The Morgan fingerprint density at radius 3 is 2.32 bits per heavy atom. The van der Waals surface area contributed by atoms with Gasteiger partial charge in [0.1, 0.15) is 5.78 Å². The van der Waals surface area contributed by atoms with E-state index < -0.39 is 0 Å². The van der Waals surface area contributed by atoms with Gasteiger partial charge in [-0.3, -0.25) is 9.69 Å². The number of carbonyl (C=O) groups excluding carboxylic acids is 1. The summed E-state index contributed by atoms with van der Waals surface area (Å²) in [5.41, 5.74) is -0.259. The summed E-state index contributed by atoms with van der Waals surface area (Å²) >= 11 is 0. The van der Waals surface area contributed by atoms with Crippen molar-refractivity contribution in [1.82, 2.24) is 14.9 Å². The highest BCUT2D eigenvalue weighted by Gasteiger charge is 2.28. The molecule has 1 aromatic heterocycles. The van der Waals surface area contributed by atoms with Gasteiger partial charge < -0.3 is 4.90 Å². The van der Waals surface area contributed by atoms with Crippen LogP contribution in [0.2, 0.25) is 0 Å². The van der Waals surface area contributed by atoms with E-state index in [0.717, 1.165) is 38.7 Å². The summed E-state index contributed by atoms with van der Waals surface area (Å²) in [4.78, 5) is 24.7. The molecule has 1 fully saturated rings. The summed E-state index contributed by atoms with van der Waals surface area (Å²) in [6.45, 7) is 10.3. The molecule has 0 amide bonds. The van der Waals surface area contributed by atoms with Crippen molar-refractivity contribution in [1.29, 1.82) is 0 Å². The summed E-state index contributed by atoms with van der Waals surface area (Å²) in [6.07, 6.45) is 3.54. The second kappa shape index (κ2) is 5.65. The van der Waals surface area contributed by atoms with Crippen molar-refractivity contribution in [2.24, 2.45) is 5.41 Å². The summed E-state index contributed by atoms with van der Waals surface area (Å²) in [5.74, 6) is 1.05. The minimum atomic E-state index is -0.259. The number of carbonyl (C=O) groups is 1. The Bertz CT molecular complexity index is 424. The molecule has 5 nitrogen and oxygen atoms in total. The fourth-order valence-electron chi connectivity index (χ4n) is 2.23. The topological polar surface area (TPSA) is 49.3 Å². The maximum atomic E-state index is 11.6. The molecular formula is C14H22N4O. The van der Waals surface area contributed by atoms with Gasteiger partial charge in [-0.2, -0.15) is 0 Å². The number of Topliss-reactive ketones (excluding diaryl/α,β-unsaturated/α-hetero) is 1. The molecule has 5 heteroatoms. The van der Waals surface area contributed by atoms with E-state index in [2.05, 4.69) is 19.8 Å². The summed E-state index contributed by atoms with van der Waals surface area (Å²) in [5, 5.41) is 0. The lowest BCUT2D eigenvalue weighted by atomic mass is 9.88. The number of anilines is 1. The maximum Gasteiger partial charge on any atom is 0.225 e. The van der Waals surface area contributed by atoms with Gasteiger partial charge in [-0.1, -0.05) is 13.8 Å². The van der Waals surface area contributed by atoms with Crippen molar-refractivity contribution in [3.8, 4) is 0 Å². The molecule has 0 saturated carbocycles. The second-order valence-corrected chi connectivity index (χ2v) is 5.75. The fraction of sp³-hybridized carbons (Fsp3) is 0.643. The van der Waals surface area contributed by atoms with Gasteiger partial charge in [-0.15, -0.1) is 0 Å². The van der Waals surface area contributed by atoms with E-state index in [4.69, 9.17) is 0 Å². The molecular weight excluding hydrogens is 240 g/mol. The lowest BCUT2D eigenvalue weighted by molar-refractivity contribution is -0.125. The highest BCUT2D eigenvalue weighted by atomic mass is 16.1. The van der Waals surface area contributed by atoms with Crippen LogP contribution in [0, 0.1) is 5.41 Å². The van der Waals surface area contributed by atoms with Crippen LogP contribution in [0.1, 0.15) is 20.8 Å². The molecule has 0 atom stereocenters. The zero-order valence-corrected chi connectivity index (χ0v) is 12.0. The Morgan fingerprint density at radius 2 is 1.79 bits per heavy atom. The van der Waals surface area contributed by atoms with Gasteiger partial charge in [0.25, 0.3) is 0 Å². The first-order valence-electron chi connectivity index (χ1n) is 6.74. The average molecular weight is 262 g/mol. The van der Waals surface area contributed by atoms with Crippen LogP contribution in [0.5, 0.6) is 0 Å². The molecule has 0 unspecified atom stereocenters. The Balaban J connectivity index is 1.88. The van der Waals surface area contributed by atoms with Crippen LogP contribution < -0.4 is 4.90 Å². The van der Waals surface area contributed by atoms with Crippen LogP contribution in [0.3, 0.4) is 0 Å². The first-order chi connectivity index (χ1) is 8.99. The third-order valence-electron chi connectivity index (χ3n) is 3.78. The molecule has 0 aliphatic carbocycles. The quantitative estimate of drug-likeness (QED) is 0.816. The molecule has 0 aromatic carbocycles. The van der Waals surface area contributed by atoms with E-state index >= 15 is 0 Å². The second-order valence-electron chi connectivity index (χ2n) is 5.75. The first kappa shape index (κ1) is 13.9.